The highest BCUT2D eigenvalue weighted by Crippen LogP contribution is 2.28. The van der Waals surface area contributed by atoms with E-state index in [1.54, 1.807) is 37.1 Å². The highest BCUT2D eigenvalue weighted by atomic mass is 19.1. The first kappa shape index (κ1) is 37.7. The van der Waals surface area contributed by atoms with Gasteiger partial charge in [-0.05, 0) is 103 Å². The van der Waals surface area contributed by atoms with Crippen LogP contribution in [0, 0.1) is 11.7 Å². The van der Waals surface area contributed by atoms with Crippen molar-refractivity contribution in [3.8, 4) is 5.75 Å². The molecule has 0 spiro atoms. The Morgan fingerprint density at radius 3 is 2.45 bits per heavy atom. The molecule has 1 aliphatic heterocycles. The molecule has 11 nitrogen and oxygen atoms in total. The number of benzene rings is 2. The first-order valence-electron chi connectivity index (χ1n) is 16.4. The van der Waals surface area contributed by atoms with Gasteiger partial charge in [0, 0.05) is 50.5 Å². The number of fused-ring (bicyclic) bond motifs is 1. The van der Waals surface area contributed by atoms with Crippen molar-refractivity contribution >= 4 is 29.2 Å². The lowest BCUT2D eigenvalue weighted by molar-refractivity contribution is -0.116. The van der Waals surface area contributed by atoms with Crippen LogP contribution in [0.1, 0.15) is 63.2 Å². The van der Waals surface area contributed by atoms with Gasteiger partial charge in [0.25, 0.3) is 5.91 Å². The van der Waals surface area contributed by atoms with Gasteiger partial charge in [0.15, 0.2) is 0 Å². The van der Waals surface area contributed by atoms with Crippen LogP contribution in [0.15, 0.2) is 42.5 Å². The molecule has 4 atom stereocenters. The molecule has 0 aliphatic carbocycles. The normalized spacial score (nSPS) is 20.1. The molecule has 0 saturated carbocycles. The lowest BCUT2D eigenvalue weighted by atomic mass is 10.0. The molecule has 3 rings (SSSR count). The summed E-state index contributed by atoms with van der Waals surface area (Å²) in [5, 5.41) is 15.9. The van der Waals surface area contributed by atoms with E-state index in [-0.39, 0.29) is 49.6 Å². The number of hydrogen-bond donors (Lipinski definition) is 3. The minimum atomic E-state index is -0.535. The van der Waals surface area contributed by atoms with Gasteiger partial charge in [-0.25, -0.2) is 9.18 Å². The molecule has 2 aromatic carbocycles. The summed E-state index contributed by atoms with van der Waals surface area (Å²) in [5.74, 6) is -0.703. The minimum Gasteiger partial charge on any atom is -0.490 e. The predicted octanol–water partition coefficient (Wildman–Crippen LogP) is 5.07. The number of amides is 4. The number of carbonyl (C=O) groups excluding carboxylic acids is 3. The fraction of sp³-hybridized carbons (Fsp3) is 0.571. The maximum Gasteiger partial charge on any atom is 0.321 e. The summed E-state index contributed by atoms with van der Waals surface area (Å²) in [4.78, 5) is 45.1. The number of likely N-dealkylation sites (N-methyl/N-ethyl adjacent to an activating group) is 1. The lowest BCUT2D eigenvalue weighted by Gasteiger charge is -2.35. The van der Waals surface area contributed by atoms with Crippen LogP contribution in [-0.4, -0.2) is 110 Å². The van der Waals surface area contributed by atoms with Gasteiger partial charge in [-0.15, -0.1) is 0 Å². The minimum absolute atomic E-state index is 0.142. The van der Waals surface area contributed by atoms with Crippen LogP contribution in [0.25, 0.3) is 0 Å². The number of aliphatic hydroxyl groups is 1. The first-order valence-corrected chi connectivity index (χ1v) is 16.4. The van der Waals surface area contributed by atoms with Crippen LogP contribution in [0.3, 0.4) is 0 Å². The predicted molar refractivity (Wildman–Crippen MR) is 181 cm³/mol. The molecule has 0 fully saturated rings. The van der Waals surface area contributed by atoms with Gasteiger partial charge < -0.3 is 39.9 Å². The average molecular weight is 658 g/mol. The van der Waals surface area contributed by atoms with E-state index in [1.165, 1.54) is 29.2 Å². The highest BCUT2D eigenvalue weighted by molar-refractivity contribution is 5.99. The number of hydrogen-bond acceptors (Lipinski definition) is 7. The molecule has 1 heterocycles. The summed E-state index contributed by atoms with van der Waals surface area (Å²) < 4.78 is 25.9. The molecule has 2 aromatic rings. The topological polar surface area (TPSA) is 124 Å². The summed E-state index contributed by atoms with van der Waals surface area (Å²) in [5.41, 5.74) is 1.25. The van der Waals surface area contributed by atoms with Gasteiger partial charge >= 0.3 is 6.03 Å². The Kier molecular flexibility index (Phi) is 14.9. The fourth-order valence-corrected chi connectivity index (χ4v) is 5.35. The molecule has 0 saturated heterocycles. The molecule has 47 heavy (non-hydrogen) atoms. The van der Waals surface area contributed by atoms with E-state index in [2.05, 4.69) is 10.6 Å². The number of anilines is 2. The summed E-state index contributed by atoms with van der Waals surface area (Å²) in [6.07, 6.45) is 2.79. The molecule has 260 valence electrons. The van der Waals surface area contributed by atoms with Crippen molar-refractivity contribution in [2.24, 2.45) is 5.92 Å². The lowest BCUT2D eigenvalue weighted by Crippen LogP contribution is -2.48. The van der Waals surface area contributed by atoms with Crippen LogP contribution in [0.5, 0.6) is 5.75 Å². The van der Waals surface area contributed by atoms with Crippen LogP contribution >= 0.6 is 0 Å². The quantitative estimate of drug-likeness (QED) is 0.326. The third-order valence-corrected chi connectivity index (χ3v) is 8.24. The summed E-state index contributed by atoms with van der Waals surface area (Å²) in [7, 11) is 5.57. The molecular formula is C35H52FN5O6. The zero-order chi connectivity index (χ0) is 34.5. The Balaban J connectivity index is 1.86. The second-order valence-corrected chi connectivity index (χ2v) is 12.8. The number of rotatable bonds is 10. The second kappa shape index (κ2) is 18.6. The number of carbonyl (C=O) groups is 3. The molecular weight excluding hydrogens is 605 g/mol. The number of nitrogens with one attached hydrogen (secondary N) is 2. The maximum atomic E-state index is 14.3. The van der Waals surface area contributed by atoms with E-state index in [9.17, 15) is 23.9 Å². The smallest absolute Gasteiger partial charge is 0.321 e. The largest absolute Gasteiger partial charge is 0.490 e. The van der Waals surface area contributed by atoms with Crippen molar-refractivity contribution in [3.63, 3.8) is 0 Å². The van der Waals surface area contributed by atoms with Crippen molar-refractivity contribution in [2.45, 2.75) is 71.1 Å². The van der Waals surface area contributed by atoms with Crippen molar-refractivity contribution < 1.29 is 33.4 Å². The number of nitrogens with zero attached hydrogens (tertiary/aromatic N) is 3. The first-order chi connectivity index (χ1) is 22.4. The summed E-state index contributed by atoms with van der Waals surface area (Å²) in [6, 6.07) is 9.73. The Morgan fingerprint density at radius 2 is 1.77 bits per heavy atom. The average Bonchev–Trinajstić information content (AvgIpc) is 3.03. The molecule has 12 heteroatoms. The van der Waals surface area contributed by atoms with E-state index in [4.69, 9.17) is 9.47 Å². The number of aliphatic hydroxyl groups excluding tert-OH is 1. The van der Waals surface area contributed by atoms with Gasteiger partial charge in [-0.1, -0.05) is 6.92 Å². The molecule has 1 aliphatic rings. The Labute approximate surface area is 278 Å². The van der Waals surface area contributed by atoms with Crippen molar-refractivity contribution in [1.29, 1.82) is 0 Å². The highest BCUT2D eigenvalue weighted by Gasteiger charge is 2.31. The van der Waals surface area contributed by atoms with E-state index in [0.29, 0.717) is 42.1 Å². The Morgan fingerprint density at radius 1 is 1.06 bits per heavy atom. The van der Waals surface area contributed by atoms with Crippen LogP contribution in [-0.2, 0) is 9.53 Å². The zero-order valence-electron chi connectivity index (χ0n) is 28.6. The van der Waals surface area contributed by atoms with Crippen LogP contribution < -0.4 is 15.4 Å². The fourth-order valence-electron chi connectivity index (χ4n) is 5.35. The van der Waals surface area contributed by atoms with Crippen molar-refractivity contribution in [2.75, 3.05) is 64.6 Å². The van der Waals surface area contributed by atoms with Gasteiger partial charge in [0.1, 0.15) is 11.6 Å². The van der Waals surface area contributed by atoms with Crippen molar-refractivity contribution in [3.05, 3.63) is 53.8 Å². The Bertz CT molecular complexity index is 1310. The maximum absolute atomic E-state index is 14.3. The van der Waals surface area contributed by atoms with E-state index in [1.807, 2.05) is 32.8 Å². The van der Waals surface area contributed by atoms with Gasteiger partial charge in [0.2, 0.25) is 5.91 Å². The number of halogens is 1. The van der Waals surface area contributed by atoms with Gasteiger partial charge in [0.05, 0.1) is 30.4 Å². The molecule has 0 radical (unpaired) electrons. The van der Waals surface area contributed by atoms with Crippen LogP contribution in [0.2, 0.25) is 0 Å². The second-order valence-electron chi connectivity index (χ2n) is 12.8. The van der Waals surface area contributed by atoms with E-state index < -0.39 is 18.0 Å². The standard InChI is InChI=1S/C35H52FN5O6/c1-24-21-41(25(2)23-42)34(44)30-20-29(37-33(43)11-9-18-39(4)5)16-17-31(30)47-26(3)10-7-8-19-46-32(24)22-40(6)35(45)38-28-14-12-27(36)13-15-28/h12-17,20,24-26,32,42H,7-11,18-19,21-23H2,1-6H3,(H,37,43)(H,38,45)/t24-,25+,26-,32-/m0/s1. The van der Waals surface area contributed by atoms with Crippen LogP contribution in [0.4, 0.5) is 20.6 Å². The summed E-state index contributed by atoms with van der Waals surface area (Å²) >= 11 is 0. The van der Waals surface area contributed by atoms with E-state index >= 15 is 0 Å². The number of ether oxygens (including phenoxy) is 2. The molecule has 4 amide bonds. The number of urea groups is 1. The zero-order valence-corrected chi connectivity index (χ0v) is 28.6. The third kappa shape index (κ3) is 12.1. The van der Waals surface area contributed by atoms with E-state index in [0.717, 1.165) is 25.8 Å². The van der Waals surface area contributed by atoms with Gasteiger partial charge in [-0.2, -0.15) is 0 Å². The third-order valence-electron chi connectivity index (χ3n) is 8.24. The molecule has 0 unspecified atom stereocenters. The molecule has 3 N–H and O–H groups in total. The molecule has 0 bridgehead atoms. The Hall–Kier alpha value is -3.74. The SMILES string of the molecule is C[C@H](CO)N1C[C@H](C)[C@H](CN(C)C(=O)Nc2ccc(F)cc2)OCCCC[C@H](C)Oc2ccc(NC(=O)CCCN(C)C)cc2C1=O. The molecule has 0 aromatic heterocycles. The summed E-state index contributed by atoms with van der Waals surface area (Å²) in [6.45, 7) is 7.13. The van der Waals surface area contributed by atoms with Gasteiger partial charge in [-0.3, -0.25) is 9.59 Å². The monoisotopic (exact) mass is 657 g/mol. The van der Waals surface area contributed by atoms with Crippen molar-refractivity contribution in [1.82, 2.24) is 14.7 Å².